The molecule has 2 aromatic rings. The molecule has 2 nitrogen and oxygen atoms in total. The van der Waals surface area contributed by atoms with Crippen molar-refractivity contribution in [2.45, 2.75) is 44.3 Å². The van der Waals surface area contributed by atoms with Gasteiger partial charge < -0.3 is 0 Å². The first-order chi connectivity index (χ1) is 13.2. The van der Waals surface area contributed by atoms with Gasteiger partial charge in [0.15, 0.2) is 0 Å². The van der Waals surface area contributed by atoms with E-state index in [1.54, 1.807) is 0 Å². The summed E-state index contributed by atoms with van der Waals surface area (Å²) in [5.41, 5.74) is 0.861. The SMILES string of the molecule is CCCCC(C/C(=C\[Se]c1ccccc1)C(=O)OCC)[Se]c1ccccc1. The van der Waals surface area contributed by atoms with E-state index in [9.17, 15) is 4.79 Å². The summed E-state index contributed by atoms with van der Waals surface area (Å²) in [6, 6.07) is 21.1. The fourth-order valence-electron chi connectivity index (χ4n) is 2.61. The van der Waals surface area contributed by atoms with Gasteiger partial charge >= 0.3 is 177 Å². The number of esters is 1. The number of carbonyl (C=O) groups is 1. The zero-order valence-electron chi connectivity index (χ0n) is 16.1. The van der Waals surface area contributed by atoms with Crippen LogP contribution in [0.3, 0.4) is 0 Å². The van der Waals surface area contributed by atoms with E-state index < -0.39 is 0 Å². The molecule has 144 valence electrons. The number of hydrogen-bond acceptors (Lipinski definition) is 2. The van der Waals surface area contributed by atoms with Gasteiger partial charge in [-0.25, -0.2) is 0 Å². The number of hydrogen-bond donors (Lipinski definition) is 0. The van der Waals surface area contributed by atoms with Gasteiger partial charge in [-0.1, -0.05) is 0 Å². The van der Waals surface area contributed by atoms with E-state index >= 15 is 0 Å². The Kier molecular flexibility index (Phi) is 10.6. The molecule has 0 saturated carbocycles. The zero-order chi connectivity index (χ0) is 19.3. The van der Waals surface area contributed by atoms with Crippen molar-refractivity contribution < 1.29 is 9.53 Å². The van der Waals surface area contributed by atoms with Gasteiger partial charge in [0.05, 0.1) is 0 Å². The zero-order valence-corrected chi connectivity index (χ0v) is 19.5. The summed E-state index contributed by atoms with van der Waals surface area (Å²) in [5, 5.41) is 0. The molecule has 0 heterocycles. The van der Waals surface area contributed by atoms with Crippen LogP contribution in [-0.2, 0) is 9.53 Å². The third-order valence-corrected chi connectivity index (χ3v) is 8.66. The fourth-order valence-corrected chi connectivity index (χ4v) is 6.88. The van der Waals surface area contributed by atoms with E-state index in [0.29, 0.717) is 26.4 Å². The average molecular weight is 494 g/mol. The molecule has 0 bridgehead atoms. The molecular weight excluding hydrogens is 466 g/mol. The fraction of sp³-hybridized carbons (Fsp3) is 0.348. The molecule has 0 aliphatic heterocycles. The monoisotopic (exact) mass is 496 g/mol. The van der Waals surface area contributed by atoms with Crippen molar-refractivity contribution in [1.29, 1.82) is 0 Å². The molecule has 27 heavy (non-hydrogen) atoms. The Morgan fingerprint density at radius 1 is 1.00 bits per heavy atom. The van der Waals surface area contributed by atoms with Crippen LogP contribution in [0.2, 0.25) is 4.82 Å². The van der Waals surface area contributed by atoms with Crippen molar-refractivity contribution in [3.8, 4) is 0 Å². The van der Waals surface area contributed by atoms with Crippen molar-refractivity contribution in [3.63, 3.8) is 0 Å². The van der Waals surface area contributed by atoms with Gasteiger partial charge in [0.25, 0.3) is 0 Å². The molecular formula is C23H28O2Se2. The number of ether oxygens (including phenoxy) is 1. The Hall–Kier alpha value is -1.31. The van der Waals surface area contributed by atoms with Crippen LogP contribution in [0.15, 0.2) is 71.2 Å². The van der Waals surface area contributed by atoms with Crippen molar-refractivity contribution in [2.24, 2.45) is 0 Å². The maximum atomic E-state index is 12.6. The van der Waals surface area contributed by atoms with Gasteiger partial charge in [-0.3, -0.25) is 0 Å². The molecule has 0 fully saturated rings. The normalized spacial score (nSPS) is 12.6. The van der Waals surface area contributed by atoms with Crippen molar-refractivity contribution >= 4 is 44.8 Å². The molecule has 0 radical (unpaired) electrons. The number of carbonyl (C=O) groups excluding carboxylic acids is 1. The Bertz CT molecular complexity index is 699. The predicted octanol–water partition coefficient (Wildman–Crippen LogP) is 3.86. The van der Waals surface area contributed by atoms with Crippen LogP contribution < -0.4 is 8.92 Å². The number of benzene rings is 2. The van der Waals surface area contributed by atoms with Crippen LogP contribution in [-0.4, -0.2) is 42.5 Å². The summed E-state index contributed by atoms with van der Waals surface area (Å²) in [5.74, 6) is -0.138. The van der Waals surface area contributed by atoms with E-state index in [2.05, 4.69) is 66.5 Å². The molecule has 0 spiro atoms. The first kappa shape index (κ1) is 22.0. The molecule has 2 rings (SSSR count). The molecule has 0 amide bonds. The van der Waals surface area contributed by atoms with Crippen LogP contribution >= 0.6 is 0 Å². The van der Waals surface area contributed by atoms with E-state index in [-0.39, 0.29) is 20.9 Å². The summed E-state index contributed by atoms with van der Waals surface area (Å²) in [6.45, 7) is 4.53. The van der Waals surface area contributed by atoms with E-state index in [0.717, 1.165) is 12.0 Å². The Morgan fingerprint density at radius 3 is 2.22 bits per heavy atom. The summed E-state index contributed by atoms with van der Waals surface area (Å²) in [6.07, 6.45) is 4.38. The van der Waals surface area contributed by atoms with Gasteiger partial charge in [0, 0.05) is 0 Å². The molecule has 4 heteroatoms. The third-order valence-electron chi connectivity index (χ3n) is 3.99. The topological polar surface area (TPSA) is 26.3 Å². The van der Waals surface area contributed by atoms with E-state index in [1.807, 2.05) is 13.0 Å². The summed E-state index contributed by atoms with van der Waals surface area (Å²) in [7, 11) is 0. The first-order valence-corrected chi connectivity index (χ1v) is 13.2. The molecule has 0 aromatic heterocycles. The van der Waals surface area contributed by atoms with Crippen molar-refractivity contribution in [3.05, 3.63) is 71.2 Å². The van der Waals surface area contributed by atoms with Crippen LogP contribution in [0.5, 0.6) is 0 Å². The average Bonchev–Trinajstić information content (AvgIpc) is 2.70. The summed E-state index contributed by atoms with van der Waals surface area (Å²) >= 11 is 0.514. The van der Waals surface area contributed by atoms with E-state index in [4.69, 9.17) is 4.74 Å². The van der Waals surface area contributed by atoms with Crippen molar-refractivity contribution in [2.75, 3.05) is 6.61 Å². The second-order valence-corrected chi connectivity index (χ2v) is 11.1. The summed E-state index contributed by atoms with van der Waals surface area (Å²) in [4.78, 5) is 15.2. The molecule has 1 atom stereocenters. The maximum absolute atomic E-state index is 12.6. The van der Waals surface area contributed by atoms with Gasteiger partial charge in [-0.05, 0) is 0 Å². The van der Waals surface area contributed by atoms with Crippen LogP contribution in [0.4, 0.5) is 0 Å². The minimum absolute atomic E-state index is 0.138. The van der Waals surface area contributed by atoms with Crippen LogP contribution in [0.1, 0.15) is 39.5 Å². The van der Waals surface area contributed by atoms with Gasteiger partial charge in [-0.15, -0.1) is 0 Å². The molecule has 1 unspecified atom stereocenters. The minimum atomic E-state index is -0.138. The van der Waals surface area contributed by atoms with Crippen molar-refractivity contribution in [1.82, 2.24) is 0 Å². The predicted molar refractivity (Wildman–Crippen MR) is 116 cm³/mol. The van der Waals surface area contributed by atoms with Crippen LogP contribution in [0, 0.1) is 0 Å². The van der Waals surface area contributed by atoms with E-state index in [1.165, 1.54) is 28.2 Å². The summed E-state index contributed by atoms with van der Waals surface area (Å²) < 4.78 is 8.05. The molecule has 0 N–H and O–H groups in total. The van der Waals surface area contributed by atoms with Gasteiger partial charge in [-0.2, -0.15) is 0 Å². The third kappa shape index (κ3) is 8.49. The molecule has 0 saturated heterocycles. The number of rotatable bonds is 11. The molecule has 2 aromatic carbocycles. The second-order valence-electron chi connectivity index (χ2n) is 6.19. The Morgan fingerprint density at radius 2 is 1.63 bits per heavy atom. The number of unbranched alkanes of at least 4 members (excludes halogenated alkanes) is 1. The molecule has 0 aliphatic carbocycles. The standard InChI is InChI=1S/C23H28O2Se2/c1-3-5-12-22(27-21-15-10-7-11-16-21)17-19(23(24)25-4-2)18-26-20-13-8-6-9-14-20/h6-11,13-16,18,22H,3-5,12,17H2,1-2H3/b19-18+. The van der Waals surface area contributed by atoms with Gasteiger partial charge in [0.1, 0.15) is 0 Å². The Balaban J connectivity index is 2.13. The first-order valence-electron chi connectivity index (χ1n) is 9.52. The van der Waals surface area contributed by atoms with Gasteiger partial charge in [0.2, 0.25) is 0 Å². The Labute approximate surface area is 176 Å². The van der Waals surface area contributed by atoms with Crippen LogP contribution in [0.25, 0.3) is 0 Å². The second kappa shape index (κ2) is 13.0. The molecule has 0 aliphatic rings. The quantitative estimate of drug-likeness (QED) is 0.270.